The molecular formula is C32H44N4O4. The van der Waals surface area contributed by atoms with Gasteiger partial charge in [-0.1, -0.05) is 43.0 Å². The molecule has 4 unspecified atom stereocenters. The molecule has 216 valence electrons. The SMILES string of the molecule is CC(C)ON=C(CCC(=O)O)c1nc2ccccc2n(C2CC3CCC(C2)N3C2CC3CCCCC(C3)C2)c1=O. The van der Waals surface area contributed by atoms with E-state index in [4.69, 9.17) is 9.82 Å². The van der Waals surface area contributed by atoms with Crippen molar-refractivity contribution >= 4 is 22.7 Å². The van der Waals surface area contributed by atoms with E-state index in [1.54, 1.807) is 0 Å². The van der Waals surface area contributed by atoms with Gasteiger partial charge in [-0.3, -0.25) is 14.5 Å². The lowest BCUT2D eigenvalue weighted by Crippen LogP contribution is -2.52. The van der Waals surface area contributed by atoms with Gasteiger partial charge in [0.05, 0.1) is 17.5 Å². The molecule has 4 aliphatic rings. The van der Waals surface area contributed by atoms with E-state index in [-0.39, 0.29) is 36.2 Å². The summed E-state index contributed by atoms with van der Waals surface area (Å²) in [5.41, 5.74) is 1.92. The first-order valence-electron chi connectivity index (χ1n) is 15.6. The maximum Gasteiger partial charge on any atom is 0.303 e. The molecule has 8 nitrogen and oxygen atoms in total. The molecule has 3 heterocycles. The maximum absolute atomic E-state index is 14.2. The van der Waals surface area contributed by atoms with Crippen molar-refractivity contribution in [3.05, 3.63) is 40.3 Å². The van der Waals surface area contributed by atoms with Gasteiger partial charge in [0.1, 0.15) is 11.8 Å². The molecule has 2 saturated carbocycles. The zero-order valence-electron chi connectivity index (χ0n) is 24.0. The highest BCUT2D eigenvalue weighted by atomic mass is 16.6. The summed E-state index contributed by atoms with van der Waals surface area (Å²) in [5.74, 6) is 0.855. The first kappa shape index (κ1) is 27.4. The molecule has 40 heavy (non-hydrogen) atoms. The monoisotopic (exact) mass is 548 g/mol. The van der Waals surface area contributed by atoms with Crippen molar-refractivity contribution in [3.8, 4) is 0 Å². The van der Waals surface area contributed by atoms with Crippen molar-refractivity contribution in [1.29, 1.82) is 0 Å². The Kier molecular flexibility index (Phi) is 7.98. The maximum atomic E-state index is 14.2. The molecule has 1 N–H and O–H groups in total. The summed E-state index contributed by atoms with van der Waals surface area (Å²) in [6.07, 6.45) is 13.9. The molecule has 0 radical (unpaired) electrons. The summed E-state index contributed by atoms with van der Waals surface area (Å²) >= 11 is 0. The quantitative estimate of drug-likeness (QED) is 0.325. The van der Waals surface area contributed by atoms with E-state index in [9.17, 15) is 14.7 Å². The van der Waals surface area contributed by atoms with Crippen LogP contribution in [0.4, 0.5) is 0 Å². The fourth-order valence-electron chi connectivity index (χ4n) is 8.41. The molecule has 4 fully saturated rings. The van der Waals surface area contributed by atoms with Crippen molar-refractivity contribution in [2.75, 3.05) is 0 Å². The van der Waals surface area contributed by atoms with E-state index in [0.29, 0.717) is 23.8 Å². The number of aliphatic carboxylic acids is 1. The normalized spacial score (nSPS) is 30.9. The van der Waals surface area contributed by atoms with Crippen molar-refractivity contribution in [2.24, 2.45) is 17.0 Å². The van der Waals surface area contributed by atoms with Gasteiger partial charge in [-0.2, -0.15) is 0 Å². The van der Waals surface area contributed by atoms with Crippen molar-refractivity contribution in [3.63, 3.8) is 0 Å². The van der Waals surface area contributed by atoms with Gasteiger partial charge in [0.25, 0.3) is 5.56 Å². The van der Waals surface area contributed by atoms with E-state index in [1.807, 2.05) is 42.7 Å². The molecule has 4 bridgehead atoms. The van der Waals surface area contributed by atoms with Gasteiger partial charge in [-0.15, -0.1) is 0 Å². The molecule has 2 saturated heterocycles. The highest BCUT2D eigenvalue weighted by Gasteiger charge is 2.47. The second kappa shape index (κ2) is 11.6. The van der Waals surface area contributed by atoms with Crippen LogP contribution in [0.15, 0.2) is 34.2 Å². The van der Waals surface area contributed by atoms with E-state index >= 15 is 0 Å². The van der Waals surface area contributed by atoms with E-state index in [0.717, 1.165) is 35.7 Å². The molecule has 2 aliphatic carbocycles. The van der Waals surface area contributed by atoms with Crippen molar-refractivity contribution < 1.29 is 14.7 Å². The number of para-hydroxylation sites is 2. The van der Waals surface area contributed by atoms with Gasteiger partial charge in [0.2, 0.25) is 0 Å². The van der Waals surface area contributed by atoms with Gasteiger partial charge in [-0.25, -0.2) is 4.98 Å². The van der Waals surface area contributed by atoms with Crippen LogP contribution in [0.3, 0.4) is 0 Å². The molecular weight excluding hydrogens is 504 g/mol. The van der Waals surface area contributed by atoms with Crippen LogP contribution in [-0.4, -0.2) is 55.5 Å². The Bertz CT molecular complexity index is 1290. The van der Waals surface area contributed by atoms with Crippen LogP contribution >= 0.6 is 0 Å². The number of hydrogen-bond donors (Lipinski definition) is 1. The van der Waals surface area contributed by atoms with Crippen LogP contribution < -0.4 is 5.56 Å². The van der Waals surface area contributed by atoms with Crippen LogP contribution in [0.1, 0.15) is 109 Å². The zero-order valence-corrected chi connectivity index (χ0v) is 24.0. The number of rotatable bonds is 8. The number of benzene rings is 1. The van der Waals surface area contributed by atoms with Crippen LogP contribution in [-0.2, 0) is 9.63 Å². The van der Waals surface area contributed by atoms with Gasteiger partial charge in [0.15, 0.2) is 5.69 Å². The fraction of sp³-hybridized carbons (Fsp3) is 0.688. The van der Waals surface area contributed by atoms with E-state index in [2.05, 4.69) is 10.1 Å². The van der Waals surface area contributed by atoms with Crippen LogP contribution in [0.2, 0.25) is 0 Å². The Balaban J connectivity index is 1.33. The number of carbonyl (C=O) groups is 1. The number of aromatic nitrogens is 2. The third-order valence-electron chi connectivity index (χ3n) is 9.92. The molecule has 2 aliphatic heterocycles. The number of nitrogens with zero attached hydrogens (tertiary/aromatic N) is 4. The lowest BCUT2D eigenvalue weighted by molar-refractivity contribution is -0.136. The second-order valence-corrected chi connectivity index (χ2v) is 13.0. The minimum Gasteiger partial charge on any atom is -0.481 e. The Morgan fingerprint density at radius 1 is 0.950 bits per heavy atom. The standard InChI is InChI=1S/C32H44N4O4/c1-20(2)40-34-28(13-14-30(37)38)31-32(39)36(29-10-6-5-9-27(29)33-31)26-18-23-11-12-24(19-26)35(23)25-16-21-7-3-4-8-22(15-21)17-25/h5-6,9-10,20-26H,3-4,7-8,11-19H2,1-2H3,(H,37,38). The molecule has 1 aromatic carbocycles. The van der Waals surface area contributed by atoms with Gasteiger partial charge >= 0.3 is 5.97 Å². The highest BCUT2D eigenvalue weighted by molar-refractivity contribution is 6.00. The Labute approximate surface area is 236 Å². The molecule has 2 aromatic rings. The van der Waals surface area contributed by atoms with Crippen LogP contribution in [0, 0.1) is 11.8 Å². The third-order valence-corrected chi connectivity index (χ3v) is 9.92. The Morgan fingerprint density at radius 2 is 1.62 bits per heavy atom. The Hall–Kier alpha value is -2.74. The van der Waals surface area contributed by atoms with Gasteiger partial charge in [0, 0.05) is 30.6 Å². The molecule has 0 amide bonds. The first-order chi connectivity index (χ1) is 19.4. The van der Waals surface area contributed by atoms with Crippen molar-refractivity contribution in [1.82, 2.24) is 14.5 Å². The van der Waals surface area contributed by atoms with Gasteiger partial charge < -0.3 is 14.5 Å². The molecule has 0 spiro atoms. The highest BCUT2D eigenvalue weighted by Crippen LogP contribution is 2.48. The van der Waals surface area contributed by atoms with Crippen LogP contribution in [0.25, 0.3) is 11.0 Å². The molecule has 1 aromatic heterocycles. The minimum absolute atomic E-state index is 0.0884. The summed E-state index contributed by atoms with van der Waals surface area (Å²) in [7, 11) is 0. The molecule has 4 atom stereocenters. The second-order valence-electron chi connectivity index (χ2n) is 13.0. The first-order valence-corrected chi connectivity index (χ1v) is 15.6. The van der Waals surface area contributed by atoms with Crippen molar-refractivity contribution in [2.45, 2.75) is 128 Å². The summed E-state index contributed by atoms with van der Waals surface area (Å²) in [6.45, 7) is 3.71. The number of oxime groups is 1. The lowest BCUT2D eigenvalue weighted by Gasteiger charge is -2.48. The molecule has 6 rings (SSSR count). The smallest absolute Gasteiger partial charge is 0.303 e. The predicted octanol–water partition coefficient (Wildman–Crippen LogP) is 5.92. The number of piperidine rings is 1. The third kappa shape index (κ3) is 5.56. The number of hydrogen-bond acceptors (Lipinski definition) is 6. The minimum atomic E-state index is -0.940. The average molecular weight is 549 g/mol. The number of carboxylic acids is 1. The summed E-state index contributed by atoms with van der Waals surface area (Å²) in [5, 5.41) is 13.6. The van der Waals surface area contributed by atoms with Crippen LogP contribution in [0.5, 0.6) is 0 Å². The fourth-order valence-corrected chi connectivity index (χ4v) is 8.41. The van der Waals surface area contributed by atoms with E-state index < -0.39 is 5.97 Å². The average Bonchev–Trinajstić information content (AvgIpc) is 3.08. The Morgan fingerprint density at radius 3 is 2.27 bits per heavy atom. The zero-order chi connectivity index (χ0) is 27.8. The topological polar surface area (TPSA) is 97.0 Å². The van der Waals surface area contributed by atoms with Gasteiger partial charge in [-0.05, 0) is 82.8 Å². The molecule has 8 heteroatoms. The summed E-state index contributed by atoms with van der Waals surface area (Å²) in [6, 6.07) is 9.64. The summed E-state index contributed by atoms with van der Waals surface area (Å²) in [4.78, 5) is 38.7. The van der Waals surface area contributed by atoms with E-state index in [1.165, 1.54) is 57.8 Å². The predicted molar refractivity (Wildman–Crippen MR) is 156 cm³/mol. The number of fused-ring (bicyclic) bond motifs is 5. The number of carboxylic acid groups (broad SMARTS) is 1. The summed E-state index contributed by atoms with van der Waals surface area (Å²) < 4.78 is 1.96. The lowest BCUT2D eigenvalue weighted by atomic mass is 9.76. The largest absolute Gasteiger partial charge is 0.481 e.